The highest BCUT2D eigenvalue weighted by atomic mass is 35.5. The summed E-state index contributed by atoms with van der Waals surface area (Å²) in [4.78, 5) is 12.8. The molecule has 9 heteroatoms. The van der Waals surface area contributed by atoms with Crippen LogP contribution in [-0.2, 0) is 21.2 Å². The van der Waals surface area contributed by atoms with Gasteiger partial charge in [-0.3, -0.25) is 4.79 Å². The molecular weight excluding hydrogens is 450 g/mol. The number of rotatable bonds is 7. The van der Waals surface area contributed by atoms with Crippen LogP contribution < -0.4 is 10.0 Å². The maximum atomic E-state index is 13.2. The van der Waals surface area contributed by atoms with Crippen molar-refractivity contribution in [2.75, 3.05) is 5.32 Å². The van der Waals surface area contributed by atoms with E-state index in [0.29, 0.717) is 0 Å². The van der Waals surface area contributed by atoms with E-state index >= 15 is 0 Å². The van der Waals surface area contributed by atoms with E-state index in [1.165, 1.54) is 0 Å². The number of amides is 1. The average molecular weight is 467 g/mol. The van der Waals surface area contributed by atoms with Crippen molar-refractivity contribution in [3.63, 3.8) is 0 Å². The zero-order chi connectivity index (χ0) is 21.7. The van der Waals surface area contributed by atoms with Crippen LogP contribution in [0.3, 0.4) is 0 Å². The molecule has 1 unspecified atom stereocenters. The number of carbonyl (C=O) groups is 1. The Bertz CT molecular complexity index is 1140. The van der Waals surface area contributed by atoms with Crippen LogP contribution >= 0.6 is 23.2 Å². The fraction of sp³-hybridized carbons (Fsp3) is 0.0952. The van der Waals surface area contributed by atoms with Gasteiger partial charge in [0, 0.05) is 0 Å². The van der Waals surface area contributed by atoms with Crippen molar-refractivity contribution >= 4 is 44.8 Å². The first-order valence-electron chi connectivity index (χ1n) is 8.83. The molecule has 0 aromatic heterocycles. The number of hydrogen-bond donors (Lipinski definition) is 2. The number of sulfonamides is 1. The van der Waals surface area contributed by atoms with Gasteiger partial charge in [-0.05, 0) is 48.4 Å². The van der Waals surface area contributed by atoms with Gasteiger partial charge in [-0.25, -0.2) is 12.8 Å². The molecule has 0 heterocycles. The van der Waals surface area contributed by atoms with Gasteiger partial charge in [0.25, 0.3) is 0 Å². The molecule has 3 aromatic rings. The van der Waals surface area contributed by atoms with E-state index in [2.05, 4.69) is 10.0 Å². The maximum absolute atomic E-state index is 13.2. The molecule has 0 saturated heterocycles. The molecule has 156 valence electrons. The molecule has 0 aliphatic rings. The van der Waals surface area contributed by atoms with Crippen LogP contribution in [-0.4, -0.2) is 20.4 Å². The molecule has 3 rings (SSSR count). The Morgan fingerprint density at radius 2 is 1.60 bits per heavy atom. The van der Waals surface area contributed by atoms with Crippen LogP contribution in [0.25, 0.3) is 0 Å². The van der Waals surface area contributed by atoms with E-state index in [1.807, 2.05) is 6.07 Å². The minimum absolute atomic E-state index is 0.0886. The zero-order valence-corrected chi connectivity index (χ0v) is 17.8. The Morgan fingerprint density at radius 3 is 2.27 bits per heavy atom. The van der Waals surface area contributed by atoms with Gasteiger partial charge in [0.05, 0.1) is 20.6 Å². The van der Waals surface area contributed by atoms with E-state index in [4.69, 9.17) is 23.2 Å². The van der Waals surface area contributed by atoms with Gasteiger partial charge >= 0.3 is 0 Å². The van der Waals surface area contributed by atoms with Crippen molar-refractivity contribution in [3.05, 3.63) is 94.2 Å². The quantitative estimate of drug-likeness (QED) is 0.531. The van der Waals surface area contributed by atoms with Gasteiger partial charge in [-0.15, -0.1) is 0 Å². The SMILES string of the molecule is O=C(Nc1cccc(Cl)c1Cl)C(Cc1ccccc1)NS(=O)(=O)c1ccc(F)cc1. The van der Waals surface area contributed by atoms with E-state index in [0.717, 1.165) is 29.8 Å². The number of hydrogen-bond acceptors (Lipinski definition) is 3. The number of carbonyl (C=O) groups excluding carboxylic acids is 1. The van der Waals surface area contributed by atoms with Crippen molar-refractivity contribution in [2.24, 2.45) is 0 Å². The third-order valence-corrected chi connectivity index (χ3v) is 6.54. The summed E-state index contributed by atoms with van der Waals surface area (Å²) in [6.45, 7) is 0. The Hall–Kier alpha value is -2.45. The van der Waals surface area contributed by atoms with Gasteiger partial charge in [-0.1, -0.05) is 59.6 Å². The highest BCUT2D eigenvalue weighted by molar-refractivity contribution is 7.89. The lowest BCUT2D eigenvalue weighted by molar-refractivity contribution is -0.117. The minimum Gasteiger partial charge on any atom is -0.323 e. The van der Waals surface area contributed by atoms with Gasteiger partial charge in [-0.2, -0.15) is 4.72 Å². The summed E-state index contributed by atoms with van der Waals surface area (Å²) < 4.78 is 41.1. The molecule has 0 aliphatic heterocycles. The Morgan fingerprint density at radius 1 is 0.933 bits per heavy atom. The standard InChI is InChI=1S/C21H17Cl2FN2O3S/c22-17-7-4-8-18(20(17)23)25-21(27)19(13-14-5-2-1-3-6-14)26-30(28,29)16-11-9-15(24)10-12-16/h1-12,19,26H,13H2,(H,25,27). The zero-order valence-electron chi connectivity index (χ0n) is 15.5. The Kier molecular flexibility index (Phi) is 7.10. The predicted molar refractivity (Wildman–Crippen MR) is 116 cm³/mol. The first kappa shape index (κ1) is 22.2. The second-order valence-corrected chi connectivity index (χ2v) is 8.91. The number of halogens is 3. The van der Waals surface area contributed by atoms with Crippen molar-refractivity contribution < 1.29 is 17.6 Å². The normalized spacial score (nSPS) is 12.4. The summed E-state index contributed by atoms with van der Waals surface area (Å²) in [6, 6.07) is 16.8. The van der Waals surface area contributed by atoms with Gasteiger partial charge in [0.2, 0.25) is 15.9 Å². The summed E-state index contributed by atoms with van der Waals surface area (Å²) in [5, 5.41) is 3.01. The molecule has 0 bridgehead atoms. The second kappa shape index (κ2) is 9.57. The van der Waals surface area contributed by atoms with E-state index in [1.54, 1.807) is 42.5 Å². The van der Waals surface area contributed by atoms with Crippen LogP contribution in [0.4, 0.5) is 10.1 Å². The lowest BCUT2D eigenvalue weighted by atomic mass is 10.1. The van der Waals surface area contributed by atoms with Crippen molar-refractivity contribution in [3.8, 4) is 0 Å². The third kappa shape index (κ3) is 5.58. The predicted octanol–water partition coefficient (Wildman–Crippen LogP) is 4.66. The average Bonchev–Trinajstić information content (AvgIpc) is 2.72. The van der Waals surface area contributed by atoms with E-state index in [9.17, 15) is 17.6 Å². The van der Waals surface area contributed by atoms with Crippen LogP contribution in [0.1, 0.15) is 5.56 Å². The van der Waals surface area contributed by atoms with Gasteiger partial charge in [0.1, 0.15) is 11.9 Å². The van der Waals surface area contributed by atoms with Crippen molar-refractivity contribution in [2.45, 2.75) is 17.4 Å². The van der Waals surface area contributed by atoms with Crippen molar-refractivity contribution in [1.29, 1.82) is 0 Å². The lowest BCUT2D eigenvalue weighted by Crippen LogP contribution is -2.45. The number of anilines is 1. The summed E-state index contributed by atoms with van der Waals surface area (Å²) in [7, 11) is -4.09. The summed E-state index contributed by atoms with van der Waals surface area (Å²) >= 11 is 12.1. The molecule has 1 atom stereocenters. The molecule has 0 fully saturated rings. The largest absolute Gasteiger partial charge is 0.323 e. The number of nitrogens with one attached hydrogen (secondary N) is 2. The summed E-state index contributed by atoms with van der Waals surface area (Å²) in [5.74, 6) is -1.18. The van der Waals surface area contributed by atoms with Crippen LogP contribution in [0.15, 0.2) is 77.7 Å². The first-order chi connectivity index (χ1) is 14.3. The topological polar surface area (TPSA) is 75.3 Å². The molecule has 0 saturated carbocycles. The van der Waals surface area contributed by atoms with Crippen LogP contribution in [0, 0.1) is 5.82 Å². The molecule has 3 aromatic carbocycles. The van der Waals surface area contributed by atoms with Gasteiger partial charge < -0.3 is 5.32 Å². The summed E-state index contributed by atoms with van der Waals surface area (Å²) in [5.41, 5.74) is 1.00. The summed E-state index contributed by atoms with van der Waals surface area (Å²) in [6.07, 6.45) is 0.0886. The molecular formula is C21H17Cl2FN2O3S. The molecule has 2 N–H and O–H groups in total. The fourth-order valence-corrected chi connectivity index (χ4v) is 4.27. The Labute approximate surface area is 183 Å². The molecule has 1 amide bonds. The monoisotopic (exact) mass is 466 g/mol. The number of benzene rings is 3. The molecule has 5 nitrogen and oxygen atoms in total. The van der Waals surface area contributed by atoms with Crippen LogP contribution in [0.5, 0.6) is 0 Å². The van der Waals surface area contributed by atoms with Crippen LogP contribution in [0.2, 0.25) is 10.0 Å². The highest BCUT2D eigenvalue weighted by Crippen LogP contribution is 2.29. The third-order valence-electron chi connectivity index (χ3n) is 4.23. The first-order valence-corrected chi connectivity index (χ1v) is 11.1. The minimum atomic E-state index is -4.09. The molecule has 0 radical (unpaired) electrons. The Balaban J connectivity index is 1.88. The highest BCUT2D eigenvalue weighted by Gasteiger charge is 2.27. The molecule has 0 aliphatic carbocycles. The van der Waals surface area contributed by atoms with E-state index < -0.39 is 27.8 Å². The second-order valence-electron chi connectivity index (χ2n) is 6.41. The lowest BCUT2D eigenvalue weighted by Gasteiger charge is -2.19. The molecule has 30 heavy (non-hydrogen) atoms. The maximum Gasteiger partial charge on any atom is 0.242 e. The van der Waals surface area contributed by atoms with Gasteiger partial charge in [0.15, 0.2) is 0 Å². The smallest absolute Gasteiger partial charge is 0.242 e. The van der Waals surface area contributed by atoms with Crippen molar-refractivity contribution in [1.82, 2.24) is 4.72 Å². The van der Waals surface area contributed by atoms with E-state index in [-0.39, 0.29) is 27.0 Å². The molecule has 0 spiro atoms. The fourth-order valence-electron chi connectivity index (χ4n) is 2.73.